The molecule has 2 N–H and O–H groups in total. The van der Waals surface area contributed by atoms with Crippen LogP contribution < -0.4 is 15.4 Å². The van der Waals surface area contributed by atoms with Crippen LogP contribution in [0, 0.1) is 0 Å². The van der Waals surface area contributed by atoms with Gasteiger partial charge in [0.1, 0.15) is 11.6 Å². The van der Waals surface area contributed by atoms with Gasteiger partial charge >= 0.3 is 6.18 Å². The number of rotatable bonds is 5. The van der Waals surface area contributed by atoms with E-state index in [2.05, 4.69) is 20.6 Å². The SMILES string of the molecule is CN=C(NCCOc1ncc(C(F)(F)F)cc1Cl)NC1CCCSC1. The van der Waals surface area contributed by atoms with Gasteiger partial charge < -0.3 is 15.4 Å². The Labute approximate surface area is 153 Å². The Hall–Kier alpha value is -1.35. The second-order valence-electron chi connectivity index (χ2n) is 5.41. The van der Waals surface area contributed by atoms with E-state index in [4.69, 9.17) is 16.3 Å². The Morgan fingerprint density at radius 3 is 2.92 bits per heavy atom. The van der Waals surface area contributed by atoms with Crippen LogP contribution >= 0.6 is 23.4 Å². The standard InChI is InChI=1S/C15H20ClF3N4OS/c1-20-14(23-11-3-2-6-25-9-11)21-4-5-24-13-12(16)7-10(8-22-13)15(17,18)19/h7-8,11H,2-6,9H2,1H3,(H2,20,21,23). The second kappa shape index (κ2) is 9.38. The number of aliphatic imine (C=N–C) groups is 1. The zero-order chi connectivity index (χ0) is 18.3. The fourth-order valence-corrected chi connectivity index (χ4v) is 3.54. The first-order valence-electron chi connectivity index (χ1n) is 7.80. The van der Waals surface area contributed by atoms with Crippen LogP contribution in [-0.2, 0) is 6.18 Å². The van der Waals surface area contributed by atoms with Gasteiger partial charge in [0.25, 0.3) is 0 Å². The minimum atomic E-state index is -4.48. The molecule has 0 amide bonds. The van der Waals surface area contributed by atoms with Crippen molar-refractivity contribution in [2.45, 2.75) is 25.1 Å². The average molecular weight is 397 g/mol. The molecule has 2 rings (SSSR count). The van der Waals surface area contributed by atoms with Crippen LogP contribution in [0.2, 0.25) is 5.02 Å². The Morgan fingerprint density at radius 1 is 1.52 bits per heavy atom. The van der Waals surface area contributed by atoms with E-state index >= 15 is 0 Å². The molecule has 0 aliphatic carbocycles. The normalized spacial score (nSPS) is 18.8. The van der Waals surface area contributed by atoms with E-state index in [9.17, 15) is 13.2 Å². The minimum Gasteiger partial charge on any atom is -0.475 e. The molecule has 140 valence electrons. The number of aromatic nitrogens is 1. The van der Waals surface area contributed by atoms with Crippen molar-refractivity contribution in [2.24, 2.45) is 4.99 Å². The molecule has 0 bridgehead atoms. The number of pyridine rings is 1. The number of ether oxygens (including phenoxy) is 1. The first kappa shape index (κ1) is 20.0. The smallest absolute Gasteiger partial charge is 0.417 e. The number of hydrogen-bond acceptors (Lipinski definition) is 4. The van der Waals surface area contributed by atoms with Gasteiger partial charge in [-0.3, -0.25) is 4.99 Å². The highest BCUT2D eigenvalue weighted by Gasteiger charge is 2.31. The van der Waals surface area contributed by atoms with Crippen LogP contribution in [0.3, 0.4) is 0 Å². The lowest BCUT2D eigenvalue weighted by Gasteiger charge is -2.24. The van der Waals surface area contributed by atoms with E-state index in [1.54, 1.807) is 7.05 Å². The van der Waals surface area contributed by atoms with Gasteiger partial charge in [0.2, 0.25) is 5.88 Å². The number of halogens is 4. The highest BCUT2D eigenvalue weighted by Crippen LogP contribution is 2.32. The summed E-state index contributed by atoms with van der Waals surface area (Å²) in [7, 11) is 1.68. The molecule has 1 saturated heterocycles. The molecule has 1 aromatic rings. The van der Waals surface area contributed by atoms with Crippen molar-refractivity contribution in [3.63, 3.8) is 0 Å². The number of alkyl halides is 3. The Balaban J connectivity index is 1.76. The van der Waals surface area contributed by atoms with Crippen molar-refractivity contribution in [3.05, 3.63) is 22.8 Å². The van der Waals surface area contributed by atoms with Gasteiger partial charge in [-0.25, -0.2) is 4.98 Å². The van der Waals surface area contributed by atoms with Gasteiger partial charge in [-0.05, 0) is 24.7 Å². The summed E-state index contributed by atoms with van der Waals surface area (Å²) in [4.78, 5) is 7.77. The van der Waals surface area contributed by atoms with Crippen LogP contribution in [0.25, 0.3) is 0 Å². The molecule has 1 aliphatic heterocycles. The summed E-state index contributed by atoms with van der Waals surface area (Å²) < 4.78 is 43.0. The summed E-state index contributed by atoms with van der Waals surface area (Å²) in [5.41, 5.74) is -0.905. The molecule has 1 atom stereocenters. The fourth-order valence-electron chi connectivity index (χ4n) is 2.25. The largest absolute Gasteiger partial charge is 0.475 e. The molecule has 0 spiro atoms. The highest BCUT2D eigenvalue weighted by molar-refractivity contribution is 7.99. The zero-order valence-corrected chi connectivity index (χ0v) is 15.3. The van der Waals surface area contributed by atoms with Crippen LogP contribution in [0.5, 0.6) is 5.88 Å². The molecule has 1 unspecified atom stereocenters. The lowest BCUT2D eigenvalue weighted by molar-refractivity contribution is -0.137. The fraction of sp³-hybridized carbons (Fsp3) is 0.600. The summed E-state index contributed by atoms with van der Waals surface area (Å²) in [6.45, 7) is 0.608. The monoisotopic (exact) mass is 396 g/mol. The van der Waals surface area contributed by atoms with Gasteiger partial charge in [0.15, 0.2) is 5.96 Å². The maximum Gasteiger partial charge on any atom is 0.417 e. The van der Waals surface area contributed by atoms with Crippen molar-refractivity contribution in [3.8, 4) is 5.88 Å². The van der Waals surface area contributed by atoms with Gasteiger partial charge in [-0.15, -0.1) is 0 Å². The molecule has 1 fully saturated rings. The van der Waals surface area contributed by atoms with Crippen LogP contribution in [0.4, 0.5) is 13.2 Å². The van der Waals surface area contributed by atoms with Crippen molar-refractivity contribution in [2.75, 3.05) is 31.7 Å². The molecule has 1 aliphatic rings. The summed E-state index contributed by atoms with van der Waals surface area (Å²) >= 11 is 7.70. The molecule has 0 aromatic carbocycles. The molecular weight excluding hydrogens is 377 g/mol. The zero-order valence-electron chi connectivity index (χ0n) is 13.7. The third-order valence-electron chi connectivity index (χ3n) is 3.49. The highest BCUT2D eigenvalue weighted by atomic mass is 35.5. The van der Waals surface area contributed by atoms with Crippen LogP contribution in [0.15, 0.2) is 17.3 Å². The minimum absolute atomic E-state index is 0.0249. The van der Waals surface area contributed by atoms with E-state index in [1.807, 2.05) is 11.8 Å². The number of hydrogen-bond donors (Lipinski definition) is 2. The van der Waals surface area contributed by atoms with Crippen LogP contribution in [0.1, 0.15) is 18.4 Å². The van der Waals surface area contributed by atoms with Crippen molar-refractivity contribution in [1.29, 1.82) is 0 Å². The lowest BCUT2D eigenvalue weighted by atomic mass is 10.2. The lowest BCUT2D eigenvalue weighted by Crippen LogP contribution is -2.46. The average Bonchev–Trinajstić information content (AvgIpc) is 2.58. The van der Waals surface area contributed by atoms with Gasteiger partial charge in [0, 0.05) is 25.0 Å². The number of nitrogens with one attached hydrogen (secondary N) is 2. The summed E-state index contributed by atoms with van der Waals surface area (Å²) in [5.74, 6) is 2.88. The molecule has 0 radical (unpaired) electrons. The van der Waals surface area contributed by atoms with Crippen molar-refractivity contribution in [1.82, 2.24) is 15.6 Å². The first-order valence-corrected chi connectivity index (χ1v) is 9.34. The van der Waals surface area contributed by atoms with Crippen molar-refractivity contribution >= 4 is 29.3 Å². The molecule has 25 heavy (non-hydrogen) atoms. The molecule has 10 heteroatoms. The van der Waals surface area contributed by atoms with E-state index in [0.29, 0.717) is 24.7 Å². The second-order valence-corrected chi connectivity index (χ2v) is 6.97. The quantitative estimate of drug-likeness (QED) is 0.455. The molecular formula is C15H20ClF3N4OS. The van der Waals surface area contributed by atoms with Gasteiger partial charge in [-0.2, -0.15) is 24.9 Å². The summed E-state index contributed by atoms with van der Waals surface area (Å²) in [6.07, 6.45) is -1.49. The van der Waals surface area contributed by atoms with E-state index < -0.39 is 11.7 Å². The Morgan fingerprint density at radius 2 is 2.32 bits per heavy atom. The molecule has 1 aromatic heterocycles. The number of nitrogens with zero attached hydrogens (tertiary/aromatic N) is 2. The number of thioether (sulfide) groups is 1. The summed E-state index contributed by atoms with van der Waals surface area (Å²) in [6, 6.07) is 1.19. The Kier molecular flexibility index (Phi) is 7.49. The molecule has 0 saturated carbocycles. The van der Waals surface area contributed by atoms with Gasteiger partial charge in [0.05, 0.1) is 12.1 Å². The third kappa shape index (κ3) is 6.47. The maximum atomic E-state index is 12.6. The number of guanidine groups is 1. The first-order chi connectivity index (χ1) is 11.9. The van der Waals surface area contributed by atoms with Crippen molar-refractivity contribution < 1.29 is 17.9 Å². The topological polar surface area (TPSA) is 58.5 Å². The molecule has 2 heterocycles. The predicted octanol–water partition coefficient (Wildman–Crippen LogP) is 3.19. The van der Waals surface area contributed by atoms with E-state index in [1.165, 1.54) is 12.2 Å². The predicted molar refractivity (Wildman–Crippen MR) is 94.6 cm³/mol. The summed E-state index contributed by atoms with van der Waals surface area (Å²) in [5, 5.41) is 6.26. The molecule has 5 nitrogen and oxygen atoms in total. The van der Waals surface area contributed by atoms with E-state index in [-0.39, 0.29) is 17.5 Å². The third-order valence-corrected chi connectivity index (χ3v) is 4.98. The van der Waals surface area contributed by atoms with E-state index in [0.717, 1.165) is 18.2 Å². The maximum absolute atomic E-state index is 12.6. The van der Waals surface area contributed by atoms with Crippen LogP contribution in [-0.4, -0.2) is 48.7 Å². The Bertz CT molecular complexity index is 595. The van der Waals surface area contributed by atoms with Gasteiger partial charge in [-0.1, -0.05) is 11.6 Å².